The van der Waals surface area contributed by atoms with Crippen LogP contribution >= 0.6 is 0 Å². The number of pyridine rings is 1. The Balaban J connectivity index is 1.51. The van der Waals surface area contributed by atoms with Gasteiger partial charge in [-0.3, -0.25) is 14.6 Å². The lowest BCUT2D eigenvalue weighted by atomic mass is 10.1. The van der Waals surface area contributed by atoms with Crippen molar-refractivity contribution in [3.63, 3.8) is 0 Å². The molecule has 5 heteroatoms. The number of nitrogens with zero attached hydrogens (tertiary/aromatic N) is 2. The Hall–Kier alpha value is -1.69. The van der Waals surface area contributed by atoms with E-state index in [1.807, 2.05) is 31.2 Å². The Bertz CT molecular complexity index is 810. The minimum Gasteiger partial charge on any atom is -0.390 e. The fourth-order valence-corrected chi connectivity index (χ4v) is 4.37. The van der Waals surface area contributed by atoms with E-state index >= 15 is 0 Å². The highest BCUT2D eigenvalue weighted by molar-refractivity contribution is 5.81. The molecule has 2 atom stereocenters. The van der Waals surface area contributed by atoms with Crippen molar-refractivity contribution in [2.75, 3.05) is 26.2 Å². The summed E-state index contributed by atoms with van der Waals surface area (Å²) < 4.78 is 0. The van der Waals surface area contributed by atoms with Crippen LogP contribution in [0.3, 0.4) is 0 Å². The SMILES string of the molecule is Cc1cccc2cc(CN3C[C@H](O)[C@@H](N4CCCCC4)C3)c(=O)[nH]c12. The zero-order valence-corrected chi connectivity index (χ0v) is 14.9. The van der Waals surface area contributed by atoms with E-state index in [0.717, 1.165) is 41.7 Å². The molecule has 2 aliphatic rings. The molecule has 1 aromatic carbocycles. The highest BCUT2D eigenvalue weighted by Crippen LogP contribution is 2.22. The zero-order valence-electron chi connectivity index (χ0n) is 14.9. The van der Waals surface area contributed by atoms with Crippen molar-refractivity contribution in [2.45, 2.75) is 44.9 Å². The van der Waals surface area contributed by atoms with Crippen molar-refractivity contribution < 1.29 is 5.11 Å². The Kier molecular flexibility index (Phi) is 4.63. The number of rotatable bonds is 3. The van der Waals surface area contributed by atoms with E-state index in [1.165, 1.54) is 19.3 Å². The third-order valence-corrected chi connectivity index (χ3v) is 5.75. The van der Waals surface area contributed by atoms with Crippen molar-refractivity contribution in [1.82, 2.24) is 14.8 Å². The van der Waals surface area contributed by atoms with Gasteiger partial charge in [0.15, 0.2) is 0 Å². The van der Waals surface area contributed by atoms with Gasteiger partial charge in [-0.2, -0.15) is 0 Å². The molecular formula is C20H27N3O2. The highest BCUT2D eigenvalue weighted by atomic mass is 16.3. The Labute approximate surface area is 148 Å². The topological polar surface area (TPSA) is 59.6 Å². The number of hydrogen-bond acceptors (Lipinski definition) is 4. The van der Waals surface area contributed by atoms with Gasteiger partial charge in [-0.15, -0.1) is 0 Å². The molecule has 0 aliphatic carbocycles. The molecule has 0 spiro atoms. The van der Waals surface area contributed by atoms with Crippen LogP contribution in [0.25, 0.3) is 10.9 Å². The molecule has 2 saturated heterocycles. The van der Waals surface area contributed by atoms with E-state index in [9.17, 15) is 9.90 Å². The predicted octanol–water partition coefficient (Wildman–Crippen LogP) is 1.87. The fraction of sp³-hybridized carbons (Fsp3) is 0.550. The molecule has 4 rings (SSSR count). The number of aryl methyl sites for hydroxylation is 1. The second-order valence-corrected chi connectivity index (χ2v) is 7.59. The van der Waals surface area contributed by atoms with Crippen molar-refractivity contribution in [3.05, 3.63) is 45.7 Å². The molecule has 0 unspecified atom stereocenters. The largest absolute Gasteiger partial charge is 0.390 e. The third kappa shape index (κ3) is 3.36. The van der Waals surface area contributed by atoms with E-state index in [1.54, 1.807) is 0 Å². The van der Waals surface area contributed by atoms with Crippen LogP contribution in [0.2, 0.25) is 0 Å². The number of aliphatic hydroxyl groups excluding tert-OH is 1. The van der Waals surface area contributed by atoms with Gasteiger partial charge in [0.2, 0.25) is 0 Å². The summed E-state index contributed by atoms with van der Waals surface area (Å²) in [6, 6.07) is 8.28. The smallest absolute Gasteiger partial charge is 0.252 e. The second kappa shape index (κ2) is 6.90. The van der Waals surface area contributed by atoms with Crippen LogP contribution in [0.5, 0.6) is 0 Å². The van der Waals surface area contributed by atoms with Crippen LogP contribution in [0, 0.1) is 6.92 Å². The molecule has 2 N–H and O–H groups in total. The number of aromatic amines is 1. The number of likely N-dealkylation sites (tertiary alicyclic amines) is 2. The number of aromatic nitrogens is 1. The molecule has 0 amide bonds. The minimum absolute atomic E-state index is 0.0160. The molecule has 25 heavy (non-hydrogen) atoms. The first-order valence-corrected chi connectivity index (χ1v) is 9.38. The van der Waals surface area contributed by atoms with Crippen LogP contribution in [0.1, 0.15) is 30.4 Å². The first-order valence-electron chi connectivity index (χ1n) is 9.38. The second-order valence-electron chi connectivity index (χ2n) is 7.59. The standard InChI is InChI=1S/C20H27N3O2/c1-14-6-5-7-15-10-16(20(25)21-19(14)15)11-22-12-17(18(24)13-22)23-8-3-2-4-9-23/h5-7,10,17-18,24H,2-4,8-9,11-13H2,1H3,(H,21,25)/t17-,18-/m0/s1. The predicted molar refractivity (Wildman–Crippen MR) is 99.8 cm³/mol. The Morgan fingerprint density at radius 2 is 2.00 bits per heavy atom. The van der Waals surface area contributed by atoms with Gasteiger partial charge in [0, 0.05) is 31.2 Å². The van der Waals surface area contributed by atoms with Gasteiger partial charge >= 0.3 is 0 Å². The number of fused-ring (bicyclic) bond motifs is 1. The van der Waals surface area contributed by atoms with Gasteiger partial charge in [0.05, 0.1) is 11.6 Å². The van der Waals surface area contributed by atoms with Gasteiger partial charge in [0.25, 0.3) is 5.56 Å². The van der Waals surface area contributed by atoms with E-state index in [4.69, 9.17) is 0 Å². The van der Waals surface area contributed by atoms with Gasteiger partial charge in [-0.25, -0.2) is 0 Å². The first kappa shape index (κ1) is 16.8. The number of aliphatic hydroxyl groups is 1. The number of piperidine rings is 1. The molecule has 2 aromatic rings. The molecule has 5 nitrogen and oxygen atoms in total. The van der Waals surface area contributed by atoms with Crippen LogP contribution in [0.15, 0.2) is 29.1 Å². The van der Waals surface area contributed by atoms with Crippen molar-refractivity contribution >= 4 is 10.9 Å². The van der Waals surface area contributed by atoms with Gasteiger partial charge in [0.1, 0.15) is 0 Å². The van der Waals surface area contributed by atoms with Gasteiger partial charge in [-0.1, -0.05) is 24.6 Å². The maximum atomic E-state index is 12.5. The number of para-hydroxylation sites is 1. The molecular weight excluding hydrogens is 314 g/mol. The van der Waals surface area contributed by atoms with E-state index in [2.05, 4.69) is 14.8 Å². The van der Waals surface area contributed by atoms with Gasteiger partial charge in [-0.05, 0) is 49.9 Å². The Morgan fingerprint density at radius 1 is 1.20 bits per heavy atom. The highest BCUT2D eigenvalue weighted by Gasteiger charge is 2.35. The van der Waals surface area contributed by atoms with E-state index in [0.29, 0.717) is 13.1 Å². The van der Waals surface area contributed by atoms with Crippen molar-refractivity contribution in [3.8, 4) is 0 Å². The molecule has 0 radical (unpaired) electrons. The van der Waals surface area contributed by atoms with Crippen LogP contribution < -0.4 is 5.56 Å². The minimum atomic E-state index is -0.320. The zero-order chi connectivity index (χ0) is 17.4. The molecule has 3 heterocycles. The number of β-amino-alcohol motifs (C(OH)–C–C–N with tert-alkyl or cyclic N) is 1. The molecule has 2 fully saturated rings. The van der Waals surface area contributed by atoms with Crippen LogP contribution in [0.4, 0.5) is 0 Å². The van der Waals surface area contributed by atoms with Crippen molar-refractivity contribution in [1.29, 1.82) is 0 Å². The van der Waals surface area contributed by atoms with Crippen LogP contribution in [-0.2, 0) is 6.54 Å². The monoisotopic (exact) mass is 341 g/mol. The summed E-state index contributed by atoms with van der Waals surface area (Å²) in [6.07, 6.45) is 3.44. The van der Waals surface area contributed by atoms with Gasteiger partial charge < -0.3 is 10.1 Å². The van der Waals surface area contributed by atoms with E-state index in [-0.39, 0.29) is 17.7 Å². The summed E-state index contributed by atoms with van der Waals surface area (Å²) in [6.45, 7) is 6.27. The summed E-state index contributed by atoms with van der Waals surface area (Å²) in [5, 5.41) is 11.6. The summed E-state index contributed by atoms with van der Waals surface area (Å²) in [4.78, 5) is 20.2. The lowest BCUT2D eigenvalue weighted by Crippen LogP contribution is -2.45. The number of hydrogen-bond donors (Lipinski definition) is 2. The maximum Gasteiger partial charge on any atom is 0.252 e. The average Bonchev–Trinajstić information content (AvgIpc) is 2.98. The molecule has 1 aromatic heterocycles. The fourth-order valence-electron chi connectivity index (χ4n) is 4.37. The lowest BCUT2D eigenvalue weighted by Gasteiger charge is -2.33. The third-order valence-electron chi connectivity index (χ3n) is 5.75. The maximum absolute atomic E-state index is 12.5. The number of nitrogens with one attached hydrogen (secondary N) is 1. The molecule has 0 saturated carbocycles. The Morgan fingerprint density at radius 3 is 2.80 bits per heavy atom. The summed E-state index contributed by atoms with van der Waals surface area (Å²) in [7, 11) is 0. The van der Waals surface area contributed by atoms with Crippen molar-refractivity contribution in [2.24, 2.45) is 0 Å². The molecule has 2 aliphatic heterocycles. The summed E-state index contributed by atoms with van der Waals surface area (Å²) in [5.74, 6) is 0. The van der Waals surface area contributed by atoms with E-state index < -0.39 is 0 Å². The summed E-state index contributed by atoms with van der Waals surface area (Å²) in [5.41, 5.74) is 2.77. The molecule has 0 bridgehead atoms. The first-order chi connectivity index (χ1) is 12.1. The summed E-state index contributed by atoms with van der Waals surface area (Å²) >= 11 is 0. The molecule has 134 valence electrons. The quantitative estimate of drug-likeness (QED) is 0.895. The lowest BCUT2D eigenvalue weighted by molar-refractivity contribution is 0.0706. The number of H-pyrrole nitrogens is 1. The normalized spacial score (nSPS) is 25.7. The average molecular weight is 341 g/mol. The number of benzene rings is 1. The van der Waals surface area contributed by atoms with Crippen LogP contribution in [-0.4, -0.2) is 58.2 Å².